The molecule has 6 nitrogen and oxygen atoms in total. The van der Waals surface area contributed by atoms with E-state index in [0.29, 0.717) is 36.3 Å². The van der Waals surface area contributed by atoms with Gasteiger partial charge in [-0.1, -0.05) is 23.4 Å². The first-order chi connectivity index (χ1) is 12.1. The van der Waals surface area contributed by atoms with Gasteiger partial charge in [0.05, 0.1) is 12.5 Å². The molecule has 2 fully saturated rings. The number of hydrogen-bond acceptors (Lipinski definition) is 5. The zero-order valence-electron chi connectivity index (χ0n) is 14.2. The molecule has 0 unspecified atom stereocenters. The predicted octanol–water partition coefficient (Wildman–Crippen LogP) is 2.14. The maximum absolute atomic E-state index is 13.8. The number of aromatic nitrogens is 2. The highest BCUT2D eigenvalue weighted by atomic mass is 19.1. The maximum Gasteiger partial charge on any atom is 0.229 e. The van der Waals surface area contributed by atoms with Gasteiger partial charge in [0.1, 0.15) is 5.82 Å². The molecule has 1 atom stereocenters. The summed E-state index contributed by atoms with van der Waals surface area (Å²) in [7, 11) is 2.00. The van der Waals surface area contributed by atoms with Crippen molar-refractivity contribution in [3.63, 3.8) is 0 Å². The van der Waals surface area contributed by atoms with Crippen LogP contribution in [0.25, 0.3) is 0 Å². The van der Waals surface area contributed by atoms with Crippen molar-refractivity contribution in [1.82, 2.24) is 19.9 Å². The molecule has 0 N–H and O–H groups in total. The van der Waals surface area contributed by atoms with Crippen LogP contribution in [0.3, 0.4) is 0 Å². The van der Waals surface area contributed by atoms with Gasteiger partial charge in [-0.15, -0.1) is 0 Å². The Kier molecular flexibility index (Phi) is 4.25. The van der Waals surface area contributed by atoms with E-state index in [1.165, 1.54) is 6.07 Å². The van der Waals surface area contributed by atoms with E-state index >= 15 is 0 Å². The van der Waals surface area contributed by atoms with Gasteiger partial charge in [-0.05, 0) is 31.5 Å². The van der Waals surface area contributed by atoms with E-state index in [2.05, 4.69) is 15.0 Å². The van der Waals surface area contributed by atoms with E-state index in [-0.39, 0.29) is 24.2 Å². The summed E-state index contributed by atoms with van der Waals surface area (Å²) in [5, 5.41) is 4.12. The highest BCUT2D eigenvalue weighted by Crippen LogP contribution is 2.39. The molecule has 2 aromatic rings. The van der Waals surface area contributed by atoms with Gasteiger partial charge in [0.25, 0.3) is 0 Å². The summed E-state index contributed by atoms with van der Waals surface area (Å²) in [4.78, 5) is 21.0. The van der Waals surface area contributed by atoms with Gasteiger partial charge in [-0.25, -0.2) is 4.39 Å². The molecule has 25 heavy (non-hydrogen) atoms. The van der Waals surface area contributed by atoms with Crippen LogP contribution in [0.15, 0.2) is 28.8 Å². The molecule has 1 aromatic carbocycles. The van der Waals surface area contributed by atoms with Crippen molar-refractivity contribution in [2.75, 3.05) is 26.7 Å². The minimum absolute atomic E-state index is 0.0721. The van der Waals surface area contributed by atoms with E-state index in [9.17, 15) is 9.18 Å². The lowest BCUT2D eigenvalue weighted by Gasteiger charge is -2.38. The summed E-state index contributed by atoms with van der Waals surface area (Å²) in [5.74, 6) is 1.34. The van der Waals surface area contributed by atoms with Crippen molar-refractivity contribution in [3.05, 3.63) is 47.4 Å². The summed E-state index contributed by atoms with van der Waals surface area (Å²) >= 11 is 0. The Bertz CT molecular complexity index is 774. The normalized spacial score (nSPS) is 21.5. The van der Waals surface area contributed by atoms with Crippen LogP contribution in [-0.4, -0.2) is 52.5 Å². The molecule has 1 amide bonds. The molecule has 0 bridgehead atoms. The van der Waals surface area contributed by atoms with E-state index in [0.717, 1.165) is 19.4 Å². The maximum atomic E-state index is 13.8. The Morgan fingerprint density at radius 2 is 2.12 bits per heavy atom. The van der Waals surface area contributed by atoms with Gasteiger partial charge >= 0.3 is 0 Å². The van der Waals surface area contributed by atoms with Crippen molar-refractivity contribution in [2.45, 2.75) is 31.2 Å². The standard InChI is InChI=1S/C18H21FN4O2/c1-22-8-9-23(16(24)10-13-4-2-3-5-14(13)19)11-15(22)17-20-18(25-21-17)12-6-7-12/h2-5,12,15H,6-11H2,1H3/t15-/m1/s1. The fraction of sp³-hybridized carbons (Fsp3) is 0.500. The first-order valence-electron chi connectivity index (χ1n) is 8.66. The van der Waals surface area contributed by atoms with Crippen molar-refractivity contribution in [3.8, 4) is 0 Å². The molecule has 1 saturated heterocycles. The number of benzene rings is 1. The van der Waals surface area contributed by atoms with Gasteiger partial charge in [-0.2, -0.15) is 4.98 Å². The van der Waals surface area contributed by atoms with Gasteiger partial charge in [-0.3, -0.25) is 9.69 Å². The number of carbonyl (C=O) groups is 1. The Morgan fingerprint density at radius 3 is 2.88 bits per heavy atom. The zero-order valence-corrected chi connectivity index (χ0v) is 14.2. The van der Waals surface area contributed by atoms with Gasteiger partial charge in [0.15, 0.2) is 5.82 Å². The third kappa shape index (κ3) is 3.42. The number of carbonyl (C=O) groups excluding carboxylic acids is 1. The van der Waals surface area contributed by atoms with E-state index in [4.69, 9.17) is 4.52 Å². The number of amides is 1. The van der Waals surface area contributed by atoms with Crippen molar-refractivity contribution in [1.29, 1.82) is 0 Å². The van der Waals surface area contributed by atoms with Crippen LogP contribution in [0.2, 0.25) is 0 Å². The number of halogens is 1. The van der Waals surface area contributed by atoms with Crippen LogP contribution in [0, 0.1) is 5.82 Å². The Hall–Kier alpha value is -2.28. The fourth-order valence-corrected chi connectivity index (χ4v) is 3.17. The van der Waals surface area contributed by atoms with Crippen LogP contribution in [0.1, 0.15) is 42.1 Å². The highest BCUT2D eigenvalue weighted by molar-refractivity contribution is 5.79. The van der Waals surface area contributed by atoms with Crippen LogP contribution < -0.4 is 0 Å². The second-order valence-corrected chi connectivity index (χ2v) is 6.87. The molecular weight excluding hydrogens is 323 g/mol. The van der Waals surface area contributed by atoms with Gasteiger partial charge in [0, 0.05) is 25.6 Å². The van der Waals surface area contributed by atoms with Gasteiger partial charge < -0.3 is 9.42 Å². The van der Waals surface area contributed by atoms with E-state index in [1.54, 1.807) is 23.1 Å². The molecule has 132 valence electrons. The molecular formula is C18H21FN4O2. The van der Waals surface area contributed by atoms with Crippen molar-refractivity contribution >= 4 is 5.91 Å². The monoisotopic (exact) mass is 344 g/mol. The third-order valence-electron chi connectivity index (χ3n) is 4.98. The zero-order chi connectivity index (χ0) is 17.4. The van der Waals surface area contributed by atoms with Crippen LogP contribution >= 0.6 is 0 Å². The minimum atomic E-state index is -0.339. The molecule has 1 aliphatic heterocycles. The molecule has 1 aromatic heterocycles. The smallest absolute Gasteiger partial charge is 0.229 e. The third-order valence-corrected chi connectivity index (χ3v) is 4.98. The van der Waals surface area contributed by atoms with E-state index in [1.807, 2.05) is 7.05 Å². The lowest BCUT2D eigenvalue weighted by molar-refractivity contribution is -0.133. The number of piperazine rings is 1. The summed E-state index contributed by atoms with van der Waals surface area (Å²) < 4.78 is 19.2. The largest absolute Gasteiger partial charge is 0.339 e. The number of rotatable bonds is 4. The van der Waals surface area contributed by atoms with Crippen LogP contribution in [0.5, 0.6) is 0 Å². The summed E-state index contributed by atoms with van der Waals surface area (Å²) in [5.41, 5.74) is 0.429. The first kappa shape index (κ1) is 16.2. The SMILES string of the molecule is CN1CCN(C(=O)Cc2ccccc2F)C[C@@H]1c1noc(C2CC2)n1. The molecule has 7 heteroatoms. The first-order valence-corrected chi connectivity index (χ1v) is 8.66. The quantitative estimate of drug-likeness (QED) is 0.850. The summed E-state index contributed by atoms with van der Waals surface area (Å²) in [6, 6.07) is 6.32. The summed E-state index contributed by atoms with van der Waals surface area (Å²) in [6.07, 6.45) is 2.29. The Labute approximate surface area is 145 Å². The average Bonchev–Trinajstić information content (AvgIpc) is 3.35. The number of nitrogens with zero attached hydrogens (tertiary/aromatic N) is 4. The molecule has 2 heterocycles. The van der Waals surface area contributed by atoms with Crippen molar-refractivity contribution < 1.29 is 13.7 Å². The fourth-order valence-electron chi connectivity index (χ4n) is 3.17. The number of likely N-dealkylation sites (N-methyl/N-ethyl adjacent to an activating group) is 1. The highest BCUT2D eigenvalue weighted by Gasteiger charge is 2.34. The Balaban J connectivity index is 1.45. The number of hydrogen-bond donors (Lipinski definition) is 0. The second kappa shape index (κ2) is 6.55. The van der Waals surface area contributed by atoms with Crippen LogP contribution in [-0.2, 0) is 11.2 Å². The Morgan fingerprint density at radius 1 is 1.32 bits per heavy atom. The van der Waals surface area contributed by atoms with E-state index < -0.39 is 0 Å². The molecule has 1 saturated carbocycles. The minimum Gasteiger partial charge on any atom is -0.339 e. The van der Waals surface area contributed by atoms with Gasteiger partial charge in [0.2, 0.25) is 11.8 Å². The molecule has 1 aliphatic carbocycles. The molecule has 4 rings (SSSR count). The molecule has 2 aliphatic rings. The van der Waals surface area contributed by atoms with Crippen LogP contribution in [0.4, 0.5) is 4.39 Å². The lowest BCUT2D eigenvalue weighted by Crippen LogP contribution is -2.49. The lowest BCUT2D eigenvalue weighted by atomic mass is 10.1. The second-order valence-electron chi connectivity index (χ2n) is 6.87. The van der Waals surface area contributed by atoms with Crippen molar-refractivity contribution in [2.24, 2.45) is 0 Å². The molecule has 0 radical (unpaired) electrons. The topological polar surface area (TPSA) is 62.5 Å². The predicted molar refractivity (Wildman–Crippen MR) is 88.3 cm³/mol. The molecule has 0 spiro atoms. The summed E-state index contributed by atoms with van der Waals surface area (Å²) in [6.45, 7) is 1.84. The average molecular weight is 344 g/mol.